The largest absolute Gasteiger partial charge is 0.504 e. The van der Waals surface area contributed by atoms with Gasteiger partial charge in [0, 0.05) is 16.6 Å². The molecule has 0 saturated heterocycles. The first kappa shape index (κ1) is 13.4. The number of nitrogens with zero attached hydrogens (tertiary/aromatic N) is 1. The van der Waals surface area contributed by atoms with Crippen molar-refractivity contribution in [2.75, 3.05) is 7.11 Å². The van der Waals surface area contributed by atoms with Gasteiger partial charge in [0.05, 0.1) is 13.7 Å². The smallest absolute Gasteiger partial charge is 0.251 e. The lowest BCUT2D eigenvalue weighted by atomic mass is 10.2. The summed E-state index contributed by atoms with van der Waals surface area (Å²) in [5.74, 6) is 0.0542. The van der Waals surface area contributed by atoms with Gasteiger partial charge < -0.3 is 15.2 Å². The zero-order chi connectivity index (χ0) is 13.8. The molecule has 19 heavy (non-hydrogen) atoms. The molecule has 1 aromatic heterocycles. The van der Waals surface area contributed by atoms with Gasteiger partial charge in [-0.25, -0.2) is 4.98 Å². The fraction of sp³-hybridized carbons (Fsp3) is 0.231. The summed E-state index contributed by atoms with van der Waals surface area (Å²) in [4.78, 5) is 16.2. The minimum absolute atomic E-state index is 0.00889. The van der Waals surface area contributed by atoms with Crippen LogP contribution in [0.1, 0.15) is 21.1 Å². The van der Waals surface area contributed by atoms with Crippen LogP contribution in [0.15, 0.2) is 23.6 Å². The van der Waals surface area contributed by atoms with Crippen LogP contribution in [0, 0.1) is 6.92 Å². The molecule has 1 amide bonds. The number of benzene rings is 1. The number of rotatable bonds is 4. The summed E-state index contributed by atoms with van der Waals surface area (Å²) < 4.78 is 4.96. The third-order valence-electron chi connectivity index (χ3n) is 2.51. The average molecular weight is 278 g/mol. The highest BCUT2D eigenvalue weighted by molar-refractivity contribution is 7.09. The van der Waals surface area contributed by atoms with Crippen LogP contribution in [0.25, 0.3) is 0 Å². The van der Waals surface area contributed by atoms with Gasteiger partial charge in [-0.15, -0.1) is 11.3 Å². The van der Waals surface area contributed by atoms with E-state index in [4.69, 9.17) is 4.74 Å². The summed E-state index contributed by atoms with van der Waals surface area (Å²) in [7, 11) is 1.44. The molecule has 0 radical (unpaired) electrons. The van der Waals surface area contributed by atoms with Crippen LogP contribution in [-0.2, 0) is 6.54 Å². The molecule has 0 saturated carbocycles. The van der Waals surface area contributed by atoms with Gasteiger partial charge in [-0.3, -0.25) is 4.79 Å². The van der Waals surface area contributed by atoms with E-state index in [0.29, 0.717) is 12.1 Å². The zero-order valence-corrected chi connectivity index (χ0v) is 11.5. The van der Waals surface area contributed by atoms with Crippen molar-refractivity contribution in [1.29, 1.82) is 0 Å². The molecule has 1 aromatic carbocycles. The van der Waals surface area contributed by atoms with E-state index in [1.807, 2.05) is 12.3 Å². The van der Waals surface area contributed by atoms with Gasteiger partial charge in [-0.1, -0.05) is 0 Å². The maximum absolute atomic E-state index is 11.9. The number of hydrogen-bond acceptors (Lipinski definition) is 5. The number of ether oxygens (including phenoxy) is 1. The van der Waals surface area contributed by atoms with Crippen LogP contribution >= 0.6 is 11.3 Å². The number of methoxy groups -OCH3 is 1. The number of amides is 1. The lowest BCUT2D eigenvalue weighted by Crippen LogP contribution is -2.22. The lowest BCUT2D eigenvalue weighted by Gasteiger charge is -2.07. The second-order valence-electron chi connectivity index (χ2n) is 3.95. The van der Waals surface area contributed by atoms with Gasteiger partial charge in [0.1, 0.15) is 5.01 Å². The molecule has 0 unspecified atom stereocenters. The summed E-state index contributed by atoms with van der Waals surface area (Å²) in [5, 5.41) is 15.0. The van der Waals surface area contributed by atoms with Gasteiger partial charge in [0.15, 0.2) is 11.5 Å². The Morgan fingerprint density at radius 2 is 2.32 bits per heavy atom. The summed E-state index contributed by atoms with van der Waals surface area (Å²) in [6.07, 6.45) is 0. The summed E-state index contributed by atoms with van der Waals surface area (Å²) in [5.41, 5.74) is 1.38. The standard InChI is InChI=1S/C13H14N2O3S/c1-8-7-19-12(15-8)6-14-13(17)9-3-4-10(16)11(5-9)18-2/h3-5,7,16H,6H2,1-2H3,(H,14,17). The Balaban J connectivity index is 2.03. The van der Waals surface area contributed by atoms with Crippen LogP contribution in [0.4, 0.5) is 0 Å². The van der Waals surface area contributed by atoms with Crippen LogP contribution < -0.4 is 10.1 Å². The fourth-order valence-corrected chi connectivity index (χ4v) is 2.27. The van der Waals surface area contributed by atoms with Gasteiger partial charge in [0.25, 0.3) is 5.91 Å². The maximum atomic E-state index is 11.9. The number of hydrogen-bond donors (Lipinski definition) is 2. The summed E-state index contributed by atoms with van der Waals surface area (Å²) >= 11 is 1.51. The molecule has 5 nitrogen and oxygen atoms in total. The van der Waals surface area contributed by atoms with Crippen molar-refractivity contribution in [2.45, 2.75) is 13.5 Å². The number of thiazole rings is 1. The molecule has 100 valence electrons. The molecule has 0 atom stereocenters. The van der Waals surface area contributed by atoms with Gasteiger partial charge in [0.2, 0.25) is 0 Å². The minimum Gasteiger partial charge on any atom is -0.504 e. The van der Waals surface area contributed by atoms with Crippen molar-refractivity contribution in [3.05, 3.63) is 39.8 Å². The van der Waals surface area contributed by atoms with Gasteiger partial charge in [-0.05, 0) is 25.1 Å². The Morgan fingerprint density at radius 1 is 1.53 bits per heavy atom. The molecular weight excluding hydrogens is 264 g/mol. The van der Waals surface area contributed by atoms with Crippen LogP contribution in [-0.4, -0.2) is 23.1 Å². The summed E-state index contributed by atoms with van der Waals surface area (Å²) in [6.45, 7) is 2.30. The number of phenolic OH excluding ortho intramolecular Hbond substituents is 1. The fourth-order valence-electron chi connectivity index (χ4n) is 1.56. The molecule has 6 heteroatoms. The molecular formula is C13H14N2O3S. The highest BCUT2D eigenvalue weighted by Crippen LogP contribution is 2.26. The van der Waals surface area contributed by atoms with E-state index in [1.165, 1.54) is 30.6 Å². The van der Waals surface area contributed by atoms with Gasteiger partial charge >= 0.3 is 0 Å². The molecule has 0 spiro atoms. The Labute approximate surface area is 114 Å². The number of aromatic hydroxyl groups is 1. The van der Waals surface area contributed by atoms with E-state index in [1.54, 1.807) is 6.07 Å². The molecule has 1 heterocycles. The van der Waals surface area contributed by atoms with Crippen molar-refractivity contribution < 1.29 is 14.6 Å². The maximum Gasteiger partial charge on any atom is 0.251 e. The van der Waals surface area contributed by atoms with E-state index < -0.39 is 0 Å². The van der Waals surface area contributed by atoms with Crippen LogP contribution in [0.3, 0.4) is 0 Å². The first-order chi connectivity index (χ1) is 9.10. The second kappa shape index (κ2) is 5.71. The first-order valence-electron chi connectivity index (χ1n) is 5.66. The zero-order valence-electron chi connectivity index (χ0n) is 10.6. The van der Waals surface area contributed by atoms with E-state index in [2.05, 4.69) is 10.3 Å². The monoisotopic (exact) mass is 278 g/mol. The predicted octanol–water partition coefficient (Wildman–Crippen LogP) is 2.10. The topological polar surface area (TPSA) is 71.5 Å². The van der Waals surface area contributed by atoms with Crippen molar-refractivity contribution in [2.24, 2.45) is 0 Å². The van der Waals surface area contributed by atoms with Crippen molar-refractivity contribution in [1.82, 2.24) is 10.3 Å². The number of carbonyl (C=O) groups is 1. The Kier molecular flexibility index (Phi) is 4.01. The molecule has 2 rings (SSSR count). The molecule has 0 aliphatic carbocycles. The summed E-state index contributed by atoms with van der Waals surface area (Å²) in [6, 6.07) is 4.47. The van der Waals surface area contributed by atoms with E-state index in [9.17, 15) is 9.90 Å². The van der Waals surface area contributed by atoms with Crippen LogP contribution in [0.5, 0.6) is 11.5 Å². The quantitative estimate of drug-likeness (QED) is 0.898. The molecule has 0 fully saturated rings. The van der Waals surface area contributed by atoms with E-state index >= 15 is 0 Å². The first-order valence-corrected chi connectivity index (χ1v) is 6.54. The normalized spacial score (nSPS) is 10.2. The molecule has 0 aliphatic rings. The van der Waals surface area contributed by atoms with E-state index in [-0.39, 0.29) is 17.4 Å². The number of phenols is 1. The predicted molar refractivity (Wildman–Crippen MR) is 72.7 cm³/mol. The highest BCUT2D eigenvalue weighted by atomic mass is 32.1. The van der Waals surface area contributed by atoms with Crippen molar-refractivity contribution in [3.8, 4) is 11.5 Å². The number of nitrogens with one attached hydrogen (secondary N) is 1. The Morgan fingerprint density at radius 3 is 2.95 bits per heavy atom. The SMILES string of the molecule is COc1cc(C(=O)NCc2nc(C)cs2)ccc1O. The van der Waals surface area contributed by atoms with Gasteiger partial charge in [-0.2, -0.15) is 0 Å². The average Bonchev–Trinajstić information content (AvgIpc) is 2.82. The Hall–Kier alpha value is -2.08. The third kappa shape index (κ3) is 3.23. The molecule has 0 bridgehead atoms. The van der Waals surface area contributed by atoms with E-state index in [0.717, 1.165) is 10.7 Å². The van der Waals surface area contributed by atoms with Crippen molar-refractivity contribution >= 4 is 17.2 Å². The Bertz CT molecular complexity index is 595. The molecule has 2 aromatic rings. The number of carbonyl (C=O) groups excluding carboxylic acids is 1. The highest BCUT2D eigenvalue weighted by Gasteiger charge is 2.10. The lowest BCUT2D eigenvalue weighted by molar-refractivity contribution is 0.0950. The van der Waals surface area contributed by atoms with Crippen molar-refractivity contribution in [3.63, 3.8) is 0 Å². The number of aryl methyl sites for hydroxylation is 1. The number of aromatic nitrogens is 1. The molecule has 0 aliphatic heterocycles. The van der Waals surface area contributed by atoms with Crippen LogP contribution in [0.2, 0.25) is 0 Å². The minimum atomic E-state index is -0.230. The molecule has 2 N–H and O–H groups in total. The third-order valence-corrected chi connectivity index (χ3v) is 3.48. The second-order valence-corrected chi connectivity index (χ2v) is 4.89.